The molecule has 124 valence electrons. The number of nitrogens with one attached hydrogen (secondary N) is 1. The SMILES string of the molecule is Cc1noc(C)c1CS(=O)(=O)CC(=O)NCCc1ccccc1. The monoisotopic (exact) mass is 336 g/mol. The van der Waals surface area contributed by atoms with E-state index in [1.807, 2.05) is 30.3 Å². The van der Waals surface area contributed by atoms with Crippen LogP contribution in [0.4, 0.5) is 0 Å². The van der Waals surface area contributed by atoms with E-state index in [0.717, 1.165) is 5.56 Å². The van der Waals surface area contributed by atoms with E-state index in [4.69, 9.17) is 4.52 Å². The Bertz CT molecular complexity index is 747. The van der Waals surface area contributed by atoms with Gasteiger partial charge < -0.3 is 9.84 Å². The summed E-state index contributed by atoms with van der Waals surface area (Å²) in [6, 6.07) is 9.68. The van der Waals surface area contributed by atoms with Crippen molar-refractivity contribution in [3.05, 3.63) is 52.9 Å². The van der Waals surface area contributed by atoms with Gasteiger partial charge in [0.2, 0.25) is 5.91 Å². The van der Waals surface area contributed by atoms with E-state index in [-0.39, 0.29) is 5.75 Å². The number of hydrogen-bond acceptors (Lipinski definition) is 5. The second kappa shape index (κ2) is 7.41. The molecule has 0 aliphatic rings. The van der Waals surface area contributed by atoms with Gasteiger partial charge >= 0.3 is 0 Å². The Balaban J connectivity index is 1.84. The highest BCUT2D eigenvalue weighted by molar-refractivity contribution is 7.91. The van der Waals surface area contributed by atoms with Gasteiger partial charge in [-0.1, -0.05) is 35.5 Å². The molecule has 0 saturated carbocycles. The van der Waals surface area contributed by atoms with Gasteiger partial charge in [-0.25, -0.2) is 8.42 Å². The van der Waals surface area contributed by atoms with Gasteiger partial charge in [0.1, 0.15) is 11.5 Å². The molecule has 0 spiro atoms. The van der Waals surface area contributed by atoms with Gasteiger partial charge in [-0.3, -0.25) is 4.79 Å². The van der Waals surface area contributed by atoms with E-state index in [1.165, 1.54) is 0 Å². The Kier molecular flexibility index (Phi) is 5.54. The average molecular weight is 336 g/mol. The molecule has 0 aliphatic carbocycles. The lowest BCUT2D eigenvalue weighted by Gasteiger charge is -2.06. The zero-order valence-electron chi connectivity index (χ0n) is 13.2. The molecule has 23 heavy (non-hydrogen) atoms. The first kappa shape index (κ1) is 17.2. The van der Waals surface area contributed by atoms with Crippen molar-refractivity contribution in [1.29, 1.82) is 0 Å². The van der Waals surface area contributed by atoms with E-state index in [1.54, 1.807) is 13.8 Å². The molecule has 0 radical (unpaired) electrons. The van der Waals surface area contributed by atoms with Crippen molar-refractivity contribution in [3.63, 3.8) is 0 Å². The smallest absolute Gasteiger partial charge is 0.235 e. The third-order valence-corrected chi connectivity index (χ3v) is 4.91. The van der Waals surface area contributed by atoms with Crippen molar-refractivity contribution in [2.45, 2.75) is 26.0 Å². The van der Waals surface area contributed by atoms with Gasteiger partial charge in [0.25, 0.3) is 0 Å². The molecule has 1 aromatic carbocycles. The van der Waals surface area contributed by atoms with Crippen molar-refractivity contribution in [2.24, 2.45) is 0 Å². The molecule has 0 fully saturated rings. The predicted octanol–water partition coefficient (Wildman–Crippen LogP) is 1.57. The fourth-order valence-corrected chi connectivity index (χ4v) is 3.68. The summed E-state index contributed by atoms with van der Waals surface area (Å²) in [5, 5.41) is 6.36. The van der Waals surface area contributed by atoms with Crippen molar-refractivity contribution in [3.8, 4) is 0 Å². The normalized spacial score (nSPS) is 11.4. The Morgan fingerprint density at radius 1 is 1.22 bits per heavy atom. The molecule has 1 amide bonds. The first-order valence-corrected chi connectivity index (χ1v) is 9.12. The van der Waals surface area contributed by atoms with Crippen molar-refractivity contribution >= 4 is 15.7 Å². The lowest BCUT2D eigenvalue weighted by Crippen LogP contribution is -2.32. The molecule has 1 N–H and O–H groups in total. The Labute approximate surface area is 135 Å². The third kappa shape index (κ3) is 5.21. The Hall–Kier alpha value is -2.15. The number of amides is 1. The van der Waals surface area contributed by atoms with E-state index in [0.29, 0.717) is 30.0 Å². The number of aryl methyl sites for hydroxylation is 2. The topological polar surface area (TPSA) is 89.3 Å². The van der Waals surface area contributed by atoms with Crippen LogP contribution in [0.25, 0.3) is 0 Å². The third-order valence-electron chi connectivity index (χ3n) is 3.48. The summed E-state index contributed by atoms with van der Waals surface area (Å²) in [6.45, 7) is 3.75. The van der Waals surface area contributed by atoms with Crippen molar-refractivity contribution < 1.29 is 17.7 Å². The maximum absolute atomic E-state index is 12.1. The van der Waals surface area contributed by atoms with Gasteiger partial charge in [0, 0.05) is 12.1 Å². The summed E-state index contributed by atoms with van der Waals surface area (Å²) in [5.74, 6) is -0.796. The Morgan fingerprint density at radius 2 is 1.91 bits per heavy atom. The number of nitrogens with zero attached hydrogens (tertiary/aromatic N) is 1. The standard InChI is InChI=1S/C16H20N2O4S/c1-12-15(13(2)22-18-12)10-23(20,21)11-16(19)17-9-8-14-6-4-3-5-7-14/h3-7H,8-11H2,1-2H3,(H,17,19). The van der Waals surface area contributed by atoms with E-state index in [2.05, 4.69) is 10.5 Å². The number of aromatic nitrogens is 1. The summed E-state index contributed by atoms with van der Waals surface area (Å²) in [4.78, 5) is 11.8. The van der Waals surface area contributed by atoms with Gasteiger partial charge in [0.15, 0.2) is 9.84 Å². The largest absolute Gasteiger partial charge is 0.361 e. The first-order chi connectivity index (χ1) is 10.9. The van der Waals surface area contributed by atoms with Crippen molar-refractivity contribution in [1.82, 2.24) is 10.5 Å². The molecule has 2 rings (SSSR count). The highest BCUT2D eigenvalue weighted by Crippen LogP contribution is 2.16. The molecule has 0 saturated heterocycles. The van der Waals surface area contributed by atoms with Gasteiger partial charge in [-0.15, -0.1) is 0 Å². The predicted molar refractivity (Wildman–Crippen MR) is 86.6 cm³/mol. The summed E-state index contributed by atoms with van der Waals surface area (Å²) in [7, 11) is -3.56. The molecular formula is C16H20N2O4S. The molecule has 1 aromatic heterocycles. The molecule has 1 heterocycles. The van der Waals surface area contributed by atoms with Gasteiger partial charge in [-0.2, -0.15) is 0 Å². The molecule has 7 heteroatoms. The van der Waals surface area contributed by atoms with E-state index in [9.17, 15) is 13.2 Å². The van der Waals surface area contributed by atoms with Crippen LogP contribution in [-0.4, -0.2) is 31.8 Å². The summed E-state index contributed by atoms with van der Waals surface area (Å²) in [5.41, 5.74) is 2.16. The van der Waals surface area contributed by atoms with E-state index >= 15 is 0 Å². The molecule has 0 atom stereocenters. The van der Waals surface area contributed by atoms with Crippen LogP contribution in [0.1, 0.15) is 22.6 Å². The molecule has 2 aromatic rings. The minimum absolute atomic E-state index is 0.236. The molecule has 0 bridgehead atoms. The second-order valence-electron chi connectivity index (χ2n) is 5.42. The van der Waals surface area contributed by atoms with Crippen LogP contribution in [0.3, 0.4) is 0 Å². The van der Waals surface area contributed by atoms with Crippen LogP contribution < -0.4 is 5.32 Å². The lowest BCUT2D eigenvalue weighted by molar-refractivity contribution is -0.118. The minimum atomic E-state index is -3.56. The van der Waals surface area contributed by atoms with E-state index < -0.39 is 21.5 Å². The maximum Gasteiger partial charge on any atom is 0.235 e. The van der Waals surface area contributed by atoms with Crippen LogP contribution in [-0.2, 0) is 26.8 Å². The molecule has 6 nitrogen and oxygen atoms in total. The molecule has 0 unspecified atom stereocenters. The number of hydrogen-bond donors (Lipinski definition) is 1. The average Bonchev–Trinajstić information content (AvgIpc) is 2.79. The van der Waals surface area contributed by atoms with Crippen LogP contribution in [0.15, 0.2) is 34.9 Å². The molecular weight excluding hydrogens is 316 g/mol. The second-order valence-corrected chi connectivity index (χ2v) is 7.49. The van der Waals surface area contributed by atoms with Crippen molar-refractivity contribution in [2.75, 3.05) is 12.3 Å². The summed E-state index contributed by atoms with van der Waals surface area (Å²) < 4.78 is 29.2. The Morgan fingerprint density at radius 3 is 2.52 bits per heavy atom. The quantitative estimate of drug-likeness (QED) is 0.829. The number of rotatable bonds is 7. The number of sulfone groups is 1. The fourth-order valence-electron chi connectivity index (χ4n) is 2.22. The van der Waals surface area contributed by atoms with Gasteiger partial charge in [0.05, 0.1) is 11.4 Å². The van der Waals surface area contributed by atoms with Crippen LogP contribution >= 0.6 is 0 Å². The highest BCUT2D eigenvalue weighted by Gasteiger charge is 2.21. The minimum Gasteiger partial charge on any atom is -0.361 e. The van der Waals surface area contributed by atoms with Gasteiger partial charge in [-0.05, 0) is 25.8 Å². The van der Waals surface area contributed by atoms with Crippen LogP contribution in [0.2, 0.25) is 0 Å². The van der Waals surface area contributed by atoms with Crippen LogP contribution in [0, 0.1) is 13.8 Å². The fraction of sp³-hybridized carbons (Fsp3) is 0.375. The summed E-state index contributed by atoms with van der Waals surface area (Å²) in [6.07, 6.45) is 0.663. The maximum atomic E-state index is 12.1. The zero-order valence-corrected chi connectivity index (χ0v) is 14.0. The number of benzene rings is 1. The summed E-state index contributed by atoms with van der Waals surface area (Å²) >= 11 is 0. The lowest BCUT2D eigenvalue weighted by atomic mass is 10.1. The zero-order chi connectivity index (χ0) is 16.9. The number of carbonyl (C=O) groups excluding carboxylic acids is 1. The number of carbonyl (C=O) groups is 1. The highest BCUT2D eigenvalue weighted by atomic mass is 32.2. The molecule has 0 aliphatic heterocycles. The first-order valence-electron chi connectivity index (χ1n) is 7.30. The van der Waals surface area contributed by atoms with Crippen LogP contribution in [0.5, 0.6) is 0 Å².